The molecule has 2 aromatic carbocycles. The highest BCUT2D eigenvalue weighted by atomic mass is 32.2. The highest BCUT2D eigenvalue weighted by Crippen LogP contribution is 2.26. The Balaban J connectivity index is 2.52. The molecule has 198 valence electrons. The molecule has 9 heteroatoms. The van der Waals surface area contributed by atoms with Gasteiger partial charge in [0.05, 0.1) is 5.69 Å². The van der Waals surface area contributed by atoms with Crippen LogP contribution in [-0.4, -0.2) is 62.2 Å². The van der Waals surface area contributed by atoms with Crippen molar-refractivity contribution in [3.63, 3.8) is 0 Å². The van der Waals surface area contributed by atoms with E-state index < -0.39 is 28.7 Å². The normalized spacial score (nSPS) is 13.2. The fourth-order valence-corrected chi connectivity index (χ4v) is 4.82. The first kappa shape index (κ1) is 29.3. The van der Waals surface area contributed by atoms with Gasteiger partial charge >= 0.3 is 10.2 Å². The fourth-order valence-electron chi connectivity index (χ4n) is 3.71. The van der Waals surface area contributed by atoms with Crippen molar-refractivity contribution in [3.8, 4) is 0 Å². The highest BCUT2D eigenvalue weighted by Gasteiger charge is 2.33. The molecule has 2 unspecified atom stereocenters. The van der Waals surface area contributed by atoms with Crippen molar-refractivity contribution in [3.05, 3.63) is 64.7 Å². The highest BCUT2D eigenvalue weighted by molar-refractivity contribution is 7.90. The number of amides is 2. The molecule has 2 atom stereocenters. The molecule has 2 rings (SSSR count). The quantitative estimate of drug-likeness (QED) is 0.495. The number of nitrogens with zero attached hydrogens (tertiary/aromatic N) is 3. The Morgan fingerprint density at radius 1 is 0.972 bits per heavy atom. The predicted molar refractivity (Wildman–Crippen MR) is 145 cm³/mol. The standard InChI is InChI=1S/C27H40N4O4S/c1-9-22(5)28-27(33)23(6)30(17-24-13-11-10-12-20(24)3)26(32)18-31(36(34,35)29(7)8)25-16-19(2)14-15-21(25)4/h10-16,22-23H,9,17-18H2,1-8H3,(H,28,33). The SMILES string of the molecule is CCC(C)NC(=O)C(C)N(Cc1ccccc1C)C(=O)CN(c1cc(C)ccc1C)S(=O)(=O)N(C)C. The van der Waals surface area contributed by atoms with Crippen molar-refractivity contribution in [2.24, 2.45) is 0 Å². The molecule has 0 aliphatic rings. The number of anilines is 1. The first-order valence-corrected chi connectivity index (χ1v) is 13.6. The third-order valence-electron chi connectivity index (χ3n) is 6.42. The lowest BCUT2D eigenvalue weighted by atomic mass is 10.1. The Kier molecular flexibility index (Phi) is 10.1. The summed E-state index contributed by atoms with van der Waals surface area (Å²) in [7, 11) is -1.12. The average molecular weight is 517 g/mol. The van der Waals surface area contributed by atoms with Crippen molar-refractivity contribution in [2.45, 2.75) is 66.6 Å². The van der Waals surface area contributed by atoms with E-state index in [-0.39, 0.29) is 18.5 Å². The summed E-state index contributed by atoms with van der Waals surface area (Å²) in [6, 6.07) is 12.3. The third kappa shape index (κ3) is 7.07. The van der Waals surface area contributed by atoms with Gasteiger partial charge in [0, 0.05) is 26.7 Å². The van der Waals surface area contributed by atoms with E-state index in [1.807, 2.05) is 71.0 Å². The van der Waals surface area contributed by atoms with Gasteiger partial charge in [-0.25, -0.2) is 4.31 Å². The van der Waals surface area contributed by atoms with E-state index in [1.54, 1.807) is 13.0 Å². The Labute approximate surface area is 216 Å². The minimum Gasteiger partial charge on any atom is -0.352 e. The summed E-state index contributed by atoms with van der Waals surface area (Å²) in [5, 5.41) is 2.94. The lowest BCUT2D eigenvalue weighted by molar-refractivity contribution is -0.139. The van der Waals surface area contributed by atoms with Crippen LogP contribution in [0.3, 0.4) is 0 Å². The number of carbonyl (C=O) groups excluding carboxylic acids is 2. The van der Waals surface area contributed by atoms with Gasteiger partial charge in [-0.1, -0.05) is 43.3 Å². The molecule has 1 N–H and O–H groups in total. The predicted octanol–water partition coefficient (Wildman–Crippen LogP) is 3.56. The Bertz CT molecular complexity index is 1180. The summed E-state index contributed by atoms with van der Waals surface area (Å²) in [6.07, 6.45) is 0.756. The van der Waals surface area contributed by atoms with Crippen LogP contribution >= 0.6 is 0 Å². The molecule has 0 aliphatic carbocycles. The van der Waals surface area contributed by atoms with Gasteiger partial charge in [-0.3, -0.25) is 9.59 Å². The first-order chi connectivity index (χ1) is 16.8. The van der Waals surface area contributed by atoms with E-state index in [0.717, 1.165) is 37.3 Å². The molecule has 0 bridgehead atoms. The van der Waals surface area contributed by atoms with E-state index in [1.165, 1.54) is 19.0 Å². The summed E-state index contributed by atoms with van der Waals surface area (Å²) in [5.74, 6) is -0.739. The van der Waals surface area contributed by atoms with Gasteiger partial charge in [0.1, 0.15) is 12.6 Å². The van der Waals surface area contributed by atoms with Crippen LogP contribution in [0.15, 0.2) is 42.5 Å². The van der Waals surface area contributed by atoms with E-state index in [0.29, 0.717) is 5.69 Å². The molecule has 0 spiro atoms. The lowest BCUT2D eigenvalue weighted by Crippen LogP contribution is -2.53. The van der Waals surface area contributed by atoms with Crippen LogP contribution in [0, 0.1) is 20.8 Å². The zero-order valence-electron chi connectivity index (χ0n) is 22.7. The van der Waals surface area contributed by atoms with Crippen LogP contribution in [-0.2, 0) is 26.3 Å². The van der Waals surface area contributed by atoms with Gasteiger partial charge in [0.2, 0.25) is 11.8 Å². The summed E-state index contributed by atoms with van der Waals surface area (Å²) in [6.45, 7) is 10.9. The van der Waals surface area contributed by atoms with Crippen LogP contribution in [0.25, 0.3) is 0 Å². The average Bonchev–Trinajstić information content (AvgIpc) is 2.82. The van der Waals surface area contributed by atoms with Gasteiger partial charge < -0.3 is 10.2 Å². The molecule has 0 radical (unpaired) electrons. The minimum absolute atomic E-state index is 0.0454. The smallest absolute Gasteiger partial charge is 0.304 e. The molecule has 0 saturated carbocycles. The maximum absolute atomic E-state index is 13.8. The monoisotopic (exact) mass is 516 g/mol. The summed E-state index contributed by atoms with van der Waals surface area (Å²) >= 11 is 0. The lowest BCUT2D eigenvalue weighted by Gasteiger charge is -2.34. The zero-order valence-corrected chi connectivity index (χ0v) is 23.5. The van der Waals surface area contributed by atoms with E-state index in [4.69, 9.17) is 0 Å². The molecule has 2 amide bonds. The molecular formula is C27H40N4O4S. The Morgan fingerprint density at radius 3 is 2.19 bits per heavy atom. The third-order valence-corrected chi connectivity index (χ3v) is 8.23. The van der Waals surface area contributed by atoms with Crippen LogP contribution < -0.4 is 9.62 Å². The van der Waals surface area contributed by atoms with Crippen molar-refractivity contribution in [1.82, 2.24) is 14.5 Å². The van der Waals surface area contributed by atoms with Crippen molar-refractivity contribution >= 4 is 27.7 Å². The topological polar surface area (TPSA) is 90.0 Å². The summed E-state index contributed by atoms with van der Waals surface area (Å²) < 4.78 is 28.9. The van der Waals surface area contributed by atoms with Gasteiger partial charge in [-0.15, -0.1) is 0 Å². The fraction of sp³-hybridized carbons (Fsp3) is 0.481. The minimum atomic E-state index is -3.99. The number of carbonyl (C=O) groups is 2. The number of nitrogens with one attached hydrogen (secondary N) is 1. The van der Waals surface area contributed by atoms with Crippen LogP contribution in [0.1, 0.15) is 49.4 Å². The molecule has 2 aromatic rings. The molecule has 0 aliphatic heterocycles. The summed E-state index contributed by atoms with van der Waals surface area (Å²) in [4.78, 5) is 28.3. The van der Waals surface area contributed by atoms with Crippen LogP contribution in [0.4, 0.5) is 5.69 Å². The molecular weight excluding hydrogens is 476 g/mol. The number of rotatable bonds is 11. The van der Waals surface area contributed by atoms with E-state index >= 15 is 0 Å². The molecule has 0 aromatic heterocycles. The van der Waals surface area contributed by atoms with Crippen molar-refractivity contribution in [1.29, 1.82) is 0 Å². The summed E-state index contributed by atoms with van der Waals surface area (Å²) in [5.41, 5.74) is 3.91. The molecule has 0 fully saturated rings. The van der Waals surface area contributed by atoms with Gasteiger partial charge in [0.25, 0.3) is 0 Å². The first-order valence-electron chi connectivity index (χ1n) is 12.2. The van der Waals surface area contributed by atoms with Crippen molar-refractivity contribution < 1.29 is 18.0 Å². The Hall–Kier alpha value is -2.91. The number of benzene rings is 2. The molecule has 0 saturated heterocycles. The molecule has 0 heterocycles. The largest absolute Gasteiger partial charge is 0.352 e. The van der Waals surface area contributed by atoms with Gasteiger partial charge in [0.15, 0.2) is 0 Å². The maximum Gasteiger partial charge on any atom is 0.304 e. The molecule has 8 nitrogen and oxygen atoms in total. The Morgan fingerprint density at radius 2 is 1.61 bits per heavy atom. The van der Waals surface area contributed by atoms with Gasteiger partial charge in [-0.2, -0.15) is 12.7 Å². The second kappa shape index (κ2) is 12.4. The van der Waals surface area contributed by atoms with Crippen LogP contribution in [0.5, 0.6) is 0 Å². The van der Waals surface area contributed by atoms with Crippen molar-refractivity contribution in [2.75, 3.05) is 24.9 Å². The maximum atomic E-state index is 13.8. The number of hydrogen-bond acceptors (Lipinski definition) is 4. The number of aryl methyl sites for hydroxylation is 3. The molecule has 36 heavy (non-hydrogen) atoms. The number of hydrogen-bond donors (Lipinski definition) is 1. The van der Waals surface area contributed by atoms with Gasteiger partial charge in [-0.05, 0) is 69.4 Å². The zero-order chi connectivity index (χ0) is 27.2. The van der Waals surface area contributed by atoms with Crippen LogP contribution in [0.2, 0.25) is 0 Å². The van der Waals surface area contributed by atoms with E-state index in [9.17, 15) is 18.0 Å². The van der Waals surface area contributed by atoms with E-state index in [2.05, 4.69) is 5.32 Å². The second-order valence-electron chi connectivity index (χ2n) is 9.53. The second-order valence-corrected chi connectivity index (χ2v) is 11.6.